The third kappa shape index (κ3) is 7.28. The summed E-state index contributed by atoms with van der Waals surface area (Å²) < 4.78 is 2.04. The molecule has 0 spiro atoms. The van der Waals surface area contributed by atoms with Gasteiger partial charge in [-0.15, -0.1) is 0 Å². The van der Waals surface area contributed by atoms with E-state index in [1.807, 2.05) is 96.5 Å². The lowest BCUT2D eigenvalue weighted by Gasteiger charge is -2.18. The summed E-state index contributed by atoms with van der Waals surface area (Å²) >= 11 is 0. The van der Waals surface area contributed by atoms with Crippen LogP contribution in [0.4, 0.5) is 5.69 Å². The van der Waals surface area contributed by atoms with Gasteiger partial charge in [-0.1, -0.05) is 91.3 Å². The number of unbranched alkanes of at least 4 members (excludes halogenated alkanes) is 2. The van der Waals surface area contributed by atoms with E-state index in [-0.39, 0.29) is 18.4 Å². The van der Waals surface area contributed by atoms with Crippen LogP contribution in [0.3, 0.4) is 0 Å². The molecule has 1 aromatic heterocycles. The molecule has 0 saturated carbocycles. The number of anilines is 1. The Morgan fingerprint density at radius 2 is 1.41 bits per heavy atom. The summed E-state index contributed by atoms with van der Waals surface area (Å²) in [5, 5.41) is 3.05. The van der Waals surface area contributed by atoms with Gasteiger partial charge < -0.3 is 14.8 Å². The lowest BCUT2D eigenvalue weighted by molar-refractivity contribution is -0.120. The molecular formula is C35H36N4O2. The number of fused-ring (bicyclic) bond motifs is 1. The van der Waals surface area contributed by atoms with E-state index in [2.05, 4.69) is 29.6 Å². The maximum atomic E-state index is 13.1. The lowest BCUT2D eigenvalue weighted by atomic mass is 10.0. The molecule has 0 fully saturated rings. The summed E-state index contributed by atoms with van der Waals surface area (Å²) in [5.74, 6) is 0.974. The molecule has 0 unspecified atom stereocenters. The Hall–Kier alpha value is -4.71. The number of para-hydroxylation sites is 3. The van der Waals surface area contributed by atoms with Gasteiger partial charge in [-0.2, -0.15) is 0 Å². The smallest absolute Gasteiger partial charge is 0.246 e. The number of imidazole rings is 1. The highest BCUT2D eigenvalue weighted by Gasteiger charge is 2.17. The fraction of sp³-hybridized carbons (Fsp3) is 0.229. The first-order chi connectivity index (χ1) is 20.1. The van der Waals surface area contributed by atoms with Crippen molar-refractivity contribution in [2.75, 3.05) is 18.5 Å². The van der Waals surface area contributed by atoms with Gasteiger partial charge in [0.05, 0.1) is 17.5 Å². The van der Waals surface area contributed by atoms with E-state index in [9.17, 15) is 9.59 Å². The van der Waals surface area contributed by atoms with Crippen LogP contribution < -0.4 is 10.2 Å². The molecule has 6 heteroatoms. The van der Waals surface area contributed by atoms with E-state index in [0.717, 1.165) is 59.4 Å². The third-order valence-electron chi connectivity index (χ3n) is 7.37. The molecule has 4 aromatic carbocycles. The first kappa shape index (κ1) is 27.8. The number of rotatable bonds is 12. The molecule has 6 nitrogen and oxygen atoms in total. The minimum atomic E-state index is 0.0121. The number of nitrogens with zero attached hydrogens (tertiary/aromatic N) is 3. The number of amides is 2. The van der Waals surface area contributed by atoms with Crippen LogP contribution in [0.25, 0.3) is 22.2 Å². The number of carbonyl (C=O) groups excluding carboxylic acids is 2. The number of aromatic nitrogens is 2. The predicted octanol–water partition coefficient (Wildman–Crippen LogP) is 6.44. The van der Waals surface area contributed by atoms with Crippen molar-refractivity contribution in [3.05, 3.63) is 121 Å². The van der Waals surface area contributed by atoms with Gasteiger partial charge in [0.1, 0.15) is 12.4 Å². The largest absolute Gasteiger partial charge is 0.356 e. The van der Waals surface area contributed by atoms with Crippen LogP contribution in [0.15, 0.2) is 109 Å². The van der Waals surface area contributed by atoms with Crippen LogP contribution in [0, 0.1) is 0 Å². The van der Waals surface area contributed by atoms with Gasteiger partial charge in [0.15, 0.2) is 0 Å². The second kappa shape index (κ2) is 13.6. The highest BCUT2D eigenvalue weighted by molar-refractivity contribution is 5.93. The van der Waals surface area contributed by atoms with Crippen molar-refractivity contribution in [2.24, 2.45) is 0 Å². The Morgan fingerprint density at radius 1 is 0.756 bits per heavy atom. The van der Waals surface area contributed by atoms with E-state index < -0.39 is 0 Å². The van der Waals surface area contributed by atoms with Crippen LogP contribution in [0.1, 0.15) is 30.7 Å². The van der Waals surface area contributed by atoms with Crippen LogP contribution in [-0.2, 0) is 29.0 Å². The van der Waals surface area contributed by atoms with E-state index in [1.165, 1.54) is 5.56 Å². The Balaban J connectivity index is 1.08. The van der Waals surface area contributed by atoms with Gasteiger partial charge >= 0.3 is 0 Å². The number of benzene rings is 4. The minimum absolute atomic E-state index is 0.0121. The summed E-state index contributed by atoms with van der Waals surface area (Å²) in [5.41, 5.74) is 6.08. The van der Waals surface area contributed by atoms with E-state index in [1.54, 1.807) is 4.90 Å². The van der Waals surface area contributed by atoms with Crippen LogP contribution in [0.2, 0.25) is 0 Å². The normalized spacial score (nSPS) is 11.0. The first-order valence-electron chi connectivity index (χ1n) is 14.3. The number of carbonyl (C=O) groups is 2. The van der Waals surface area contributed by atoms with Crippen molar-refractivity contribution in [3.8, 4) is 11.1 Å². The molecule has 2 amide bonds. The number of hydrogen-bond acceptors (Lipinski definition) is 3. The molecule has 41 heavy (non-hydrogen) atoms. The molecular weight excluding hydrogens is 508 g/mol. The summed E-state index contributed by atoms with van der Waals surface area (Å²) in [7, 11) is 1.81. The Bertz CT molecular complexity index is 1580. The van der Waals surface area contributed by atoms with E-state index in [4.69, 9.17) is 4.98 Å². The molecule has 0 bridgehead atoms. The highest BCUT2D eigenvalue weighted by atomic mass is 16.2. The standard InChI is InChI=1S/C35H36N4O2/c1-38(30-15-7-3-8-16-30)35(41)26-39-32-18-11-10-17-31(32)37-33(39)19-9-4-12-24-36-34(40)25-27-20-22-29(23-21-27)28-13-5-2-6-14-28/h2-3,5-8,10-11,13-18,20-23H,4,9,12,19,24-26H2,1H3,(H,36,40). The molecule has 5 aromatic rings. The van der Waals surface area contributed by atoms with Crippen molar-refractivity contribution in [1.82, 2.24) is 14.9 Å². The van der Waals surface area contributed by atoms with Gasteiger partial charge in [0, 0.05) is 25.7 Å². The topological polar surface area (TPSA) is 67.2 Å². The van der Waals surface area contributed by atoms with Crippen molar-refractivity contribution in [2.45, 2.75) is 38.6 Å². The molecule has 0 aliphatic rings. The van der Waals surface area contributed by atoms with Gasteiger partial charge in [-0.3, -0.25) is 9.59 Å². The van der Waals surface area contributed by atoms with Crippen molar-refractivity contribution < 1.29 is 9.59 Å². The van der Waals surface area contributed by atoms with E-state index >= 15 is 0 Å². The molecule has 1 N–H and O–H groups in total. The fourth-order valence-corrected chi connectivity index (χ4v) is 5.04. The van der Waals surface area contributed by atoms with Crippen LogP contribution in [-0.4, -0.2) is 35.0 Å². The van der Waals surface area contributed by atoms with Crippen LogP contribution >= 0.6 is 0 Å². The SMILES string of the molecule is CN(C(=O)Cn1c(CCCCCNC(=O)Cc2ccc(-c3ccccc3)cc2)nc2ccccc21)c1ccccc1. The molecule has 0 aliphatic heterocycles. The van der Waals surface area contributed by atoms with E-state index in [0.29, 0.717) is 13.0 Å². The minimum Gasteiger partial charge on any atom is -0.356 e. The Morgan fingerprint density at radius 3 is 2.17 bits per heavy atom. The maximum absolute atomic E-state index is 13.1. The maximum Gasteiger partial charge on any atom is 0.246 e. The summed E-state index contributed by atoms with van der Waals surface area (Å²) in [6.07, 6.45) is 3.95. The second-order valence-corrected chi connectivity index (χ2v) is 10.3. The summed E-state index contributed by atoms with van der Waals surface area (Å²) in [6.45, 7) is 0.890. The predicted molar refractivity (Wildman–Crippen MR) is 166 cm³/mol. The van der Waals surface area contributed by atoms with Crippen molar-refractivity contribution in [3.63, 3.8) is 0 Å². The fourth-order valence-electron chi connectivity index (χ4n) is 5.04. The molecule has 0 aliphatic carbocycles. The zero-order valence-corrected chi connectivity index (χ0v) is 23.5. The molecule has 1 heterocycles. The lowest BCUT2D eigenvalue weighted by Crippen LogP contribution is -2.30. The van der Waals surface area contributed by atoms with Gasteiger partial charge in [-0.25, -0.2) is 4.98 Å². The van der Waals surface area contributed by atoms with Crippen LogP contribution in [0.5, 0.6) is 0 Å². The molecule has 0 atom stereocenters. The number of nitrogens with one attached hydrogen (secondary N) is 1. The summed E-state index contributed by atoms with van der Waals surface area (Å²) in [4.78, 5) is 32.1. The summed E-state index contributed by atoms with van der Waals surface area (Å²) in [6, 6.07) is 36.1. The number of likely N-dealkylation sites (N-methyl/N-ethyl adjacent to an activating group) is 1. The van der Waals surface area contributed by atoms with Gasteiger partial charge in [-0.05, 0) is 53.8 Å². The molecule has 0 saturated heterocycles. The van der Waals surface area contributed by atoms with Crippen molar-refractivity contribution in [1.29, 1.82) is 0 Å². The zero-order valence-electron chi connectivity index (χ0n) is 23.5. The molecule has 208 valence electrons. The quantitative estimate of drug-likeness (QED) is 0.184. The zero-order chi connectivity index (χ0) is 28.4. The average Bonchev–Trinajstić information content (AvgIpc) is 3.36. The van der Waals surface area contributed by atoms with Crippen molar-refractivity contribution >= 4 is 28.5 Å². The highest BCUT2D eigenvalue weighted by Crippen LogP contribution is 2.21. The number of hydrogen-bond donors (Lipinski definition) is 1. The third-order valence-corrected chi connectivity index (χ3v) is 7.37. The van der Waals surface area contributed by atoms with Gasteiger partial charge in [0.2, 0.25) is 11.8 Å². The molecule has 5 rings (SSSR count). The van der Waals surface area contributed by atoms with Gasteiger partial charge in [0.25, 0.3) is 0 Å². The Kier molecular flexibility index (Phi) is 9.22. The number of aryl methyl sites for hydroxylation is 1. The monoisotopic (exact) mass is 544 g/mol. The second-order valence-electron chi connectivity index (χ2n) is 10.3. The first-order valence-corrected chi connectivity index (χ1v) is 14.3. The Labute approximate surface area is 241 Å². The average molecular weight is 545 g/mol. The molecule has 0 radical (unpaired) electrons.